The van der Waals surface area contributed by atoms with Crippen molar-refractivity contribution >= 4 is 0 Å². The predicted octanol–water partition coefficient (Wildman–Crippen LogP) is 5.71. The van der Waals surface area contributed by atoms with E-state index in [4.69, 9.17) is 9.47 Å². The molecule has 0 atom stereocenters. The molecular weight excluding hydrogens is 386 g/mol. The summed E-state index contributed by atoms with van der Waals surface area (Å²) in [5.41, 5.74) is 5.92. The lowest BCUT2D eigenvalue weighted by Gasteiger charge is -2.15. The van der Waals surface area contributed by atoms with Gasteiger partial charge in [-0.15, -0.1) is 0 Å². The molecule has 0 aliphatic carbocycles. The largest absolute Gasteiger partial charge is 0.473 e. The fraction of sp³-hybridized carbons (Fsp3) is 0.148. The van der Waals surface area contributed by atoms with Crippen LogP contribution in [0.3, 0.4) is 0 Å². The quantitative estimate of drug-likeness (QED) is 0.404. The molecule has 0 aliphatic rings. The van der Waals surface area contributed by atoms with Crippen molar-refractivity contribution in [2.45, 2.75) is 26.7 Å². The van der Waals surface area contributed by atoms with E-state index in [9.17, 15) is 5.11 Å². The third-order valence-corrected chi connectivity index (χ3v) is 5.06. The van der Waals surface area contributed by atoms with Crippen LogP contribution in [0.25, 0.3) is 11.1 Å². The molecule has 4 rings (SSSR count). The Morgan fingerprint density at radius 2 is 1.32 bits per heavy atom. The number of aliphatic hydroxyl groups is 1. The number of rotatable bonds is 8. The van der Waals surface area contributed by atoms with Crippen molar-refractivity contribution in [2.75, 3.05) is 0 Å². The molecule has 0 aliphatic heterocycles. The standard InChI is InChI=1S/C27H25NO3/c1-20-12-13-23(17-29)16-25(20)24-14-15-26(30-18-21-8-4-2-5-9-21)28-27(24)31-19-22-10-6-3-7-11-22/h2-16,29H,17-19H2,1H3. The number of ether oxygens (including phenoxy) is 2. The molecule has 0 bridgehead atoms. The highest BCUT2D eigenvalue weighted by Crippen LogP contribution is 2.34. The Bertz CT molecular complexity index is 1130. The number of nitrogens with zero attached hydrogens (tertiary/aromatic N) is 1. The van der Waals surface area contributed by atoms with Crippen LogP contribution in [0.4, 0.5) is 0 Å². The van der Waals surface area contributed by atoms with Gasteiger partial charge in [0, 0.05) is 11.6 Å². The minimum Gasteiger partial charge on any atom is -0.473 e. The van der Waals surface area contributed by atoms with E-state index in [1.807, 2.05) is 97.9 Å². The molecule has 31 heavy (non-hydrogen) atoms. The summed E-state index contributed by atoms with van der Waals surface area (Å²) in [6.45, 7) is 2.86. The molecule has 4 aromatic rings. The molecule has 3 aromatic carbocycles. The van der Waals surface area contributed by atoms with Gasteiger partial charge < -0.3 is 14.6 Å². The summed E-state index contributed by atoms with van der Waals surface area (Å²) in [5, 5.41) is 9.58. The van der Waals surface area contributed by atoms with Crippen LogP contribution >= 0.6 is 0 Å². The summed E-state index contributed by atoms with van der Waals surface area (Å²) >= 11 is 0. The Morgan fingerprint density at radius 1 is 0.677 bits per heavy atom. The first kappa shape index (κ1) is 20.6. The third kappa shape index (κ3) is 5.30. The maximum atomic E-state index is 9.58. The zero-order chi connectivity index (χ0) is 21.5. The summed E-state index contributed by atoms with van der Waals surface area (Å²) in [5.74, 6) is 1.01. The highest BCUT2D eigenvalue weighted by molar-refractivity contribution is 5.72. The van der Waals surface area contributed by atoms with Crippen LogP contribution in [0.5, 0.6) is 11.8 Å². The fourth-order valence-electron chi connectivity index (χ4n) is 3.33. The summed E-state index contributed by atoms with van der Waals surface area (Å²) in [7, 11) is 0. The zero-order valence-corrected chi connectivity index (χ0v) is 17.5. The Balaban J connectivity index is 1.64. The number of hydrogen-bond donors (Lipinski definition) is 1. The van der Waals surface area contributed by atoms with Gasteiger partial charge in [-0.05, 0) is 46.9 Å². The molecule has 4 nitrogen and oxygen atoms in total. The van der Waals surface area contributed by atoms with Crippen LogP contribution in [0, 0.1) is 6.92 Å². The number of aliphatic hydroxyl groups excluding tert-OH is 1. The molecule has 156 valence electrons. The minimum absolute atomic E-state index is 0.0147. The summed E-state index contributed by atoms with van der Waals surface area (Å²) in [4.78, 5) is 4.67. The molecule has 1 heterocycles. The molecule has 0 amide bonds. The average molecular weight is 412 g/mol. The van der Waals surface area contributed by atoms with E-state index < -0.39 is 0 Å². The van der Waals surface area contributed by atoms with E-state index in [0.29, 0.717) is 25.0 Å². The van der Waals surface area contributed by atoms with Gasteiger partial charge in [0.25, 0.3) is 0 Å². The molecule has 1 aromatic heterocycles. The molecule has 0 spiro atoms. The summed E-state index contributed by atoms with van der Waals surface area (Å²) < 4.78 is 12.1. The van der Waals surface area contributed by atoms with Crippen LogP contribution in [0.15, 0.2) is 91.0 Å². The first-order chi connectivity index (χ1) is 15.2. The molecule has 0 saturated carbocycles. The van der Waals surface area contributed by atoms with Gasteiger partial charge in [-0.3, -0.25) is 0 Å². The molecular formula is C27H25NO3. The van der Waals surface area contributed by atoms with Crippen LogP contribution in [-0.2, 0) is 19.8 Å². The maximum absolute atomic E-state index is 9.58. The molecule has 1 N–H and O–H groups in total. The molecule has 0 fully saturated rings. The topological polar surface area (TPSA) is 51.6 Å². The van der Waals surface area contributed by atoms with Gasteiger partial charge in [-0.25, -0.2) is 0 Å². The van der Waals surface area contributed by atoms with Crippen molar-refractivity contribution in [3.05, 3.63) is 113 Å². The Labute approximate surface area is 182 Å². The highest BCUT2D eigenvalue weighted by Gasteiger charge is 2.14. The number of aryl methyl sites for hydroxylation is 1. The number of pyridine rings is 1. The summed E-state index contributed by atoms with van der Waals surface area (Å²) in [6, 6.07) is 29.7. The van der Waals surface area contributed by atoms with Gasteiger partial charge in [0.15, 0.2) is 0 Å². The van der Waals surface area contributed by atoms with E-state index in [-0.39, 0.29) is 6.61 Å². The van der Waals surface area contributed by atoms with Crippen molar-refractivity contribution in [3.8, 4) is 22.9 Å². The van der Waals surface area contributed by atoms with Crippen LogP contribution < -0.4 is 9.47 Å². The van der Waals surface area contributed by atoms with Gasteiger partial charge in [-0.2, -0.15) is 4.98 Å². The van der Waals surface area contributed by atoms with E-state index in [2.05, 4.69) is 4.98 Å². The lowest BCUT2D eigenvalue weighted by Crippen LogP contribution is -2.03. The molecule has 0 radical (unpaired) electrons. The van der Waals surface area contributed by atoms with Crippen molar-refractivity contribution in [3.63, 3.8) is 0 Å². The number of benzene rings is 3. The summed E-state index contributed by atoms with van der Waals surface area (Å²) in [6.07, 6.45) is 0. The Hall–Kier alpha value is -3.63. The van der Waals surface area contributed by atoms with Gasteiger partial charge >= 0.3 is 0 Å². The smallest absolute Gasteiger partial charge is 0.225 e. The second-order valence-electron chi connectivity index (χ2n) is 7.36. The van der Waals surface area contributed by atoms with Gasteiger partial charge in [0.2, 0.25) is 11.8 Å². The number of hydrogen-bond acceptors (Lipinski definition) is 4. The van der Waals surface area contributed by atoms with Crippen molar-refractivity contribution < 1.29 is 14.6 Å². The van der Waals surface area contributed by atoms with Crippen molar-refractivity contribution in [2.24, 2.45) is 0 Å². The minimum atomic E-state index is -0.0147. The maximum Gasteiger partial charge on any atom is 0.225 e. The second kappa shape index (κ2) is 9.92. The first-order valence-electron chi connectivity index (χ1n) is 10.3. The van der Waals surface area contributed by atoms with E-state index in [1.165, 1.54) is 0 Å². The van der Waals surface area contributed by atoms with Crippen LogP contribution in [0.1, 0.15) is 22.3 Å². The molecule has 0 saturated heterocycles. The average Bonchev–Trinajstić information content (AvgIpc) is 2.83. The third-order valence-electron chi connectivity index (χ3n) is 5.06. The van der Waals surface area contributed by atoms with Gasteiger partial charge in [-0.1, -0.05) is 72.8 Å². The molecule has 4 heteroatoms. The lowest BCUT2D eigenvalue weighted by molar-refractivity contribution is 0.268. The van der Waals surface area contributed by atoms with Gasteiger partial charge in [0.1, 0.15) is 13.2 Å². The lowest BCUT2D eigenvalue weighted by atomic mass is 9.99. The normalized spacial score (nSPS) is 10.6. The zero-order valence-electron chi connectivity index (χ0n) is 17.5. The van der Waals surface area contributed by atoms with Gasteiger partial charge in [0.05, 0.1) is 6.61 Å². The Morgan fingerprint density at radius 3 is 1.97 bits per heavy atom. The molecule has 0 unspecified atom stereocenters. The van der Waals surface area contributed by atoms with E-state index in [0.717, 1.165) is 33.4 Å². The Kier molecular flexibility index (Phi) is 6.60. The first-order valence-corrected chi connectivity index (χ1v) is 10.3. The van der Waals surface area contributed by atoms with E-state index in [1.54, 1.807) is 0 Å². The van der Waals surface area contributed by atoms with Crippen LogP contribution in [-0.4, -0.2) is 10.1 Å². The van der Waals surface area contributed by atoms with Crippen LogP contribution in [0.2, 0.25) is 0 Å². The highest BCUT2D eigenvalue weighted by atomic mass is 16.5. The second-order valence-corrected chi connectivity index (χ2v) is 7.36. The SMILES string of the molecule is Cc1ccc(CO)cc1-c1ccc(OCc2ccccc2)nc1OCc1ccccc1. The monoisotopic (exact) mass is 411 g/mol. The predicted molar refractivity (Wildman–Crippen MR) is 122 cm³/mol. The van der Waals surface area contributed by atoms with E-state index >= 15 is 0 Å². The van der Waals surface area contributed by atoms with Crippen molar-refractivity contribution in [1.29, 1.82) is 0 Å². The number of aromatic nitrogens is 1. The van der Waals surface area contributed by atoms with Crippen molar-refractivity contribution in [1.82, 2.24) is 4.98 Å². The fourth-order valence-corrected chi connectivity index (χ4v) is 3.33.